The summed E-state index contributed by atoms with van der Waals surface area (Å²) in [5.41, 5.74) is 10.0. The molecule has 3 heterocycles. The number of benzene rings is 8. The maximum Gasteiger partial charge on any atom is 0.164 e. The molecule has 0 spiro atoms. The lowest BCUT2D eigenvalue weighted by Crippen LogP contribution is -2.05. The van der Waals surface area contributed by atoms with Crippen molar-refractivity contribution in [2.24, 2.45) is 0 Å². The number of allylic oxidation sites excluding steroid dienone is 4. The van der Waals surface area contributed by atoms with Crippen LogP contribution in [0, 0.1) is 0 Å². The van der Waals surface area contributed by atoms with Gasteiger partial charge in [0, 0.05) is 44.2 Å². The van der Waals surface area contributed by atoms with E-state index in [-0.39, 0.29) is 5.92 Å². The molecule has 12 rings (SSSR count). The predicted molar refractivity (Wildman–Crippen MR) is 237 cm³/mol. The van der Waals surface area contributed by atoms with Crippen molar-refractivity contribution in [1.82, 2.24) is 15.0 Å². The van der Waals surface area contributed by atoms with Gasteiger partial charge in [-0.05, 0) is 75.0 Å². The second-order valence-electron chi connectivity index (χ2n) is 15.1. The molecule has 0 saturated carbocycles. The molecule has 0 bridgehead atoms. The number of fused-ring (bicyclic) bond motifs is 9. The summed E-state index contributed by atoms with van der Waals surface area (Å²) in [5, 5.41) is 9.23. The Morgan fingerprint density at radius 1 is 0.431 bits per heavy atom. The van der Waals surface area contributed by atoms with Crippen LogP contribution in [0.5, 0.6) is 0 Å². The van der Waals surface area contributed by atoms with E-state index in [0.717, 1.165) is 77.9 Å². The normalized spacial score (nSPS) is 14.3. The first-order valence-corrected chi connectivity index (χ1v) is 19.7. The first kappa shape index (κ1) is 32.6. The second-order valence-corrected chi connectivity index (χ2v) is 15.1. The Labute approximate surface area is 333 Å². The van der Waals surface area contributed by atoms with Gasteiger partial charge in [-0.2, -0.15) is 0 Å². The monoisotopic (exact) mass is 743 g/mol. The molecule has 8 aromatic carbocycles. The quantitative estimate of drug-likeness (QED) is 0.176. The zero-order valence-electron chi connectivity index (χ0n) is 31.3. The van der Waals surface area contributed by atoms with Crippen LogP contribution in [0.15, 0.2) is 191 Å². The molecule has 0 fully saturated rings. The first-order valence-electron chi connectivity index (χ1n) is 19.7. The molecule has 272 valence electrons. The van der Waals surface area contributed by atoms with E-state index in [1.807, 2.05) is 24.3 Å². The Hall–Kier alpha value is -7.63. The summed E-state index contributed by atoms with van der Waals surface area (Å²) in [7, 11) is 0. The van der Waals surface area contributed by atoms with Gasteiger partial charge in [-0.3, -0.25) is 0 Å². The van der Waals surface area contributed by atoms with Crippen LogP contribution in [0.3, 0.4) is 0 Å². The van der Waals surface area contributed by atoms with Crippen molar-refractivity contribution in [2.45, 2.75) is 12.3 Å². The van der Waals surface area contributed by atoms with Crippen LogP contribution in [0.25, 0.3) is 105 Å². The SMILES string of the molecule is C1=CC(c2cccc3oc4ccccc4c23)CC=C1c1nc(-c2ccc(-c3cccc4ccccc34)cc2)nc(-c2ccc3c(ccc4oc5ccccc5c43)c2)n1. The highest BCUT2D eigenvalue weighted by molar-refractivity contribution is 6.19. The Morgan fingerprint density at radius 2 is 1.05 bits per heavy atom. The van der Waals surface area contributed by atoms with Crippen molar-refractivity contribution < 1.29 is 8.83 Å². The van der Waals surface area contributed by atoms with E-state index in [2.05, 4.69) is 158 Å². The Balaban J connectivity index is 0.959. The average molecular weight is 744 g/mol. The summed E-state index contributed by atoms with van der Waals surface area (Å²) < 4.78 is 12.4. The van der Waals surface area contributed by atoms with Crippen LogP contribution in [-0.4, -0.2) is 15.0 Å². The van der Waals surface area contributed by atoms with Crippen molar-refractivity contribution in [3.05, 3.63) is 193 Å². The van der Waals surface area contributed by atoms with Gasteiger partial charge in [0.15, 0.2) is 17.5 Å². The minimum Gasteiger partial charge on any atom is -0.456 e. The molecule has 0 amide bonds. The first-order chi connectivity index (χ1) is 28.7. The number of aromatic nitrogens is 3. The highest BCUT2D eigenvalue weighted by atomic mass is 16.3. The van der Waals surface area contributed by atoms with E-state index in [9.17, 15) is 0 Å². The van der Waals surface area contributed by atoms with Crippen molar-refractivity contribution in [2.75, 3.05) is 0 Å². The number of hydrogen-bond donors (Lipinski definition) is 0. The van der Waals surface area contributed by atoms with Gasteiger partial charge >= 0.3 is 0 Å². The second kappa shape index (κ2) is 13.0. The number of nitrogens with zero attached hydrogens (tertiary/aromatic N) is 3. The summed E-state index contributed by atoms with van der Waals surface area (Å²) in [4.78, 5) is 15.5. The molecule has 0 N–H and O–H groups in total. The van der Waals surface area contributed by atoms with Gasteiger partial charge in [-0.15, -0.1) is 0 Å². The summed E-state index contributed by atoms with van der Waals surface area (Å²) in [6.45, 7) is 0. The third-order valence-electron chi connectivity index (χ3n) is 11.7. The van der Waals surface area contributed by atoms with Crippen LogP contribution in [0.1, 0.15) is 23.7 Å². The lowest BCUT2D eigenvalue weighted by Gasteiger charge is -2.18. The Bertz CT molecular complexity index is 3490. The highest BCUT2D eigenvalue weighted by Gasteiger charge is 2.21. The molecular weight excluding hydrogens is 711 g/mol. The largest absolute Gasteiger partial charge is 0.456 e. The Kier molecular flexibility index (Phi) is 7.29. The molecule has 0 saturated heterocycles. The van der Waals surface area contributed by atoms with Gasteiger partial charge in [-0.25, -0.2) is 15.0 Å². The maximum absolute atomic E-state index is 6.23. The smallest absolute Gasteiger partial charge is 0.164 e. The molecule has 11 aromatic rings. The van der Waals surface area contributed by atoms with Crippen LogP contribution in [0.4, 0.5) is 0 Å². The van der Waals surface area contributed by atoms with E-state index in [1.54, 1.807) is 0 Å². The van der Waals surface area contributed by atoms with Crippen molar-refractivity contribution in [3.8, 4) is 33.9 Å². The molecule has 5 heteroatoms. The molecule has 1 aliphatic rings. The average Bonchev–Trinajstić information content (AvgIpc) is 3.88. The van der Waals surface area contributed by atoms with Crippen molar-refractivity contribution in [1.29, 1.82) is 0 Å². The maximum atomic E-state index is 6.23. The zero-order valence-corrected chi connectivity index (χ0v) is 31.3. The number of rotatable bonds is 5. The fraction of sp³-hybridized carbons (Fsp3) is 0.0377. The fourth-order valence-corrected chi connectivity index (χ4v) is 8.86. The van der Waals surface area contributed by atoms with Crippen LogP contribution in [-0.2, 0) is 0 Å². The molecule has 0 radical (unpaired) electrons. The lowest BCUT2D eigenvalue weighted by atomic mass is 9.87. The minimum absolute atomic E-state index is 0.187. The zero-order chi connectivity index (χ0) is 38.2. The Morgan fingerprint density at radius 3 is 1.84 bits per heavy atom. The molecule has 1 atom stereocenters. The van der Waals surface area contributed by atoms with Gasteiger partial charge in [-0.1, -0.05) is 152 Å². The molecule has 5 nitrogen and oxygen atoms in total. The lowest BCUT2D eigenvalue weighted by molar-refractivity contribution is 0.668. The number of furan rings is 2. The van der Waals surface area contributed by atoms with Gasteiger partial charge in [0.25, 0.3) is 0 Å². The molecule has 1 aliphatic carbocycles. The van der Waals surface area contributed by atoms with Crippen LogP contribution >= 0.6 is 0 Å². The van der Waals surface area contributed by atoms with Gasteiger partial charge in [0.1, 0.15) is 22.3 Å². The van der Waals surface area contributed by atoms with Crippen molar-refractivity contribution in [3.63, 3.8) is 0 Å². The van der Waals surface area contributed by atoms with E-state index in [4.69, 9.17) is 23.8 Å². The summed E-state index contributed by atoms with van der Waals surface area (Å²) in [5.74, 6) is 2.10. The van der Waals surface area contributed by atoms with Crippen LogP contribution in [0.2, 0.25) is 0 Å². The molecular formula is C53H33N3O2. The fourth-order valence-electron chi connectivity index (χ4n) is 8.86. The number of hydrogen-bond acceptors (Lipinski definition) is 5. The molecule has 1 unspecified atom stereocenters. The minimum atomic E-state index is 0.187. The molecule has 0 aliphatic heterocycles. The molecule has 58 heavy (non-hydrogen) atoms. The van der Waals surface area contributed by atoms with Crippen molar-refractivity contribution >= 4 is 71.0 Å². The van der Waals surface area contributed by atoms with E-state index in [0.29, 0.717) is 17.5 Å². The van der Waals surface area contributed by atoms with E-state index >= 15 is 0 Å². The third kappa shape index (κ3) is 5.28. The predicted octanol–water partition coefficient (Wildman–Crippen LogP) is 14.1. The third-order valence-corrected chi connectivity index (χ3v) is 11.7. The number of para-hydroxylation sites is 2. The standard InChI is InChI=1S/C53H33N3O2/c1-2-11-39-32(9-1)10-7-14-40(39)33-19-23-35(24-20-33)51-54-52(36-25-21-34(22-26-36)41-15-8-18-47-49(41)43-12-3-5-16-45(43)57-47)56-53(55-51)38-27-29-42-37(31-38)28-30-48-50(42)44-13-4-6-17-46(44)58-48/h1-21,23-31,34H,22H2. The van der Waals surface area contributed by atoms with E-state index < -0.39 is 0 Å². The highest BCUT2D eigenvalue weighted by Crippen LogP contribution is 2.40. The van der Waals surface area contributed by atoms with Gasteiger partial charge in [0.2, 0.25) is 0 Å². The summed E-state index contributed by atoms with van der Waals surface area (Å²) in [6.07, 6.45) is 7.53. The summed E-state index contributed by atoms with van der Waals surface area (Å²) >= 11 is 0. The molecule has 3 aromatic heterocycles. The van der Waals surface area contributed by atoms with E-state index in [1.165, 1.54) is 27.3 Å². The van der Waals surface area contributed by atoms with Gasteiger partial charge < -0.3 is 8.83 Å². The summed E-state index contributed by atoms with van der Waals surface area (Å²) in [6, 6.07) is 57.1. The topological polar surface area (TPSA) is 65.0 Å². The van der Waals surface area contributed by atoms with Gasteiger partial charge in [0.05, 0.1) is 0 Å². The van der Waals surface area contributed by atoms with Crippen LogP contribution < -0.4 is 0 Å².